The Morgan fingerprint density at radius 1 is 1.36 bits per heavy atom. The number of amides is 1. The highest BCUT2D eigenvalue weighted by atomic mass is 32.1. The zero-order valence-corrected chi connectivity index (χ0v) is 13.9. The van der Waals surface area contributed by atoms with Crippen molar-refractivity contribution in [1.82, 2.24) is 20.1 Å². The molecule has 0 saturated carbocycles. The summed E-state index contributed by atoms with van der Waals surface area (Å²) in [6, 6.07) is 8.10. The molecule has 6 heteroatoms. The predicted octanol–water partition coefficient (Wildman–Crippen LogP) is 3.22. The van der Waals surface area contributed by atoms with Crippen LogP contribution in [-0.4, -0.2) is 27.2 Å². The third kappa shape index (κ3) is 4.27. The molecule has 0 aliphatic rings. The summed E-state index contributed by atoms with van der Waals surface area (Å²) in [5.74, 6) is 0.817. The number of benzene rings is 1. The average Bonchev–Trinajstić information content (AvgIpc) is 2.87. The zero-order valence-electron chi connectivity index (χ0n) is 13.1. The van der Waals surface area contributed by atoms with Crippen LogP contribution in [0.3, 0.4) is 0 Å². The first kappa shape index (κ1) is 16.4. The van der Waals surface area contributed by atoms with Crippen LogP contribution in [0.5, 0.6) is 0 Å². The molecule has 5 nitrogen and oxygen atoms in total. The lowest BCUT2D eigenvalue weighted by atomic mass is 10.1. The van der Waals surface area contributed by atoms with Gasteiger partial charge in [0, 0.05) is 25.1 Å². The van der Waals surface area contributed by atoms with Crippen molar-refractivity contribution < 1.29 is 4.79 Å². The van der Waals surface area contributed by atoms with E-state index in [-0.39, 0.29) is 5.91 Å². The smallest absolute Gasteiger partial charge is 0.221 e. The molecule has 0 unspecified atom stereocenters. The topological polar surface area (TPSA) is 62.7 Å². The molecule has 0 aliphatic heterocycles. The van der Waals surface area contributed by atoms with E-state index in [0.29, 0.717) is 17.7 Å². The van der Waals surface area contributed by atoms with E-state index in [1.54, 1.807) is 0 Å². The molecule has 0 radical (unpaired) electrons. The quantitative estimate of drug-likeness (QED) is 0.608. The number of hydrogen-bond donors (Lipinski definition) is 2. The standard InChI is InChI=1S/C16H22N4OS/c1-3-4-10-17-14(21)9-11-20-15(18-19-16(20)22)13-7-5-12(2)6-8-13/h5-8H,3-4,9-11H2,1-2H3,(H,17,21)(H,19,22). The lowest BCUT2D eigenvalue weighted by Crippen LogP contribution is -2.25. The van der Waals surface area contributed by atoms with Crippen molar-refractivity contribution in [2.75, 3.05) is 6.54 Å². The number of aromatic nitrogens is 3. The maximum absolute atomic E-state index is 11.8. The Kier molecular flexibility index (Phi) is 5.89. The van der Waals surface area contributed by atoms with Gasteiger partial charge in [0.15, 0.2) is 10.6 Å². The molecule has 0 atom stereocenters. The van der Waals surface area contributed by atoms with Gasteiger partial charge in [-0.3, -0.25) is 14.5 Å². The van der Waals surface area contributed by atoms with Crippen molar-refractivity contribution >= 4 is 18.1 Å². The molecule has 2 aromatic rings. The van der Waals surface area contributed by atoms with Crippen LogP contribution in [0.25, 0.3) is 11.4 Å². The summed E-state index contributed by atoms with van der Waals surface area (Å²) >= 11 is 5.27. The molecule has 0 bridgehead atoms. The highest BCUT2D eigenvalue weighted by Gasteiger charge is 2.10. The number of aryl methyl sites for hydroxylation is 1. The summed E-state index contributed by atoms with van der Waals surface area (Å²) in [6.07, 6.45) is 2.48. The van der Waals surface area contributed by atoms with E-state index in [1.807, 2.05) is 35.8 Å². The molecule has 0 saturated heterocycles. The number of carbonyl (C=O) groups excluding carboxylic acids is 1. The highest BCUT2D eigenvalue weighted by molar-refractivity contribution is 7.71. The number of H-pyrrole nitrogens is 1. The van der Waals surface area contributed by atoms with E-state index >= 15 is 0 Å². The molecule has 118 valence electrons. The predicted molar refractivity (Wildman–Crippen MR) is 90.1 cm³/mol. The van der Waals surface area contributed by atoms with Crippen LogP contribution in [0, 0.1) is 11.7 Å². The van der Waals surface area contributed by atoms with Crippen molar-refractivity contribution in [3.8, 4) is 11.4 Å². The first-order valence-corrected chi connectivity index (χ1v) is 8.01. The second-order valence-electron chi connectivity index (χ2n) is 5.32. The first-order chi connectivity index (χ1) is 10.6. The van der Waals surface area contributed by atoms with Crippen molar-refractivity contribution in [1.29, 1.82) is 0 Å². The van der Waals surface area contributed by atoms with E-state index < -0.39 is 0 Å². The fraction of sp³-hybridized carbons (Fsp3) is 0.438. The van der Waals surface area contributed by atoms with Gasteiger partial charge in [0.1, 0.15) is 0 Å². The number of nitrogens with zero attached hydrogens (tertiary/aromatic N) is 2. The van der Waals surface area contributed by atoms with Gasteiger partial charge in [0.25, 0.3) is 0 Å². The van der Waals surface area contributed by atoms with Gasteiger partial charge in [-0.05, 0) is 25.6 Å². The lowest BCUT2D eigenvalue weighted by Gasteiger charge is -2.08. The fourth-order valence-electron chi connectivity index (χ4n) is 2.15. The molecule has 0 spiro atoms. The largest absolute Gasteiger partial charge is 0.356 e. The molecule has 22 heavy (non-hydrogen) atoms. The summed E-state index contributed by atoms with van der Waals surface area (Å²) in [7, 11) is 0. The lowest BCUT2D eigenvalue weighted by molar-refractivity contribution is -0.121. The van der Waals surface area contributed by atoms with Gasteiger partial charge in [-0.25, -0.2) is 0 Å². The minimum Gasteiger partial charge on any atom is -0.356 e. The maximum Gasteiger partial charge on any atom is 0.221 e. The van der Waals surface area contributed by atoms with Gasteiger partial charge in [-0.2, -0.15) is 5.10 Å². The first-order valence-electron chi connectivity index (χ1n) is 7.60. The van der Waals surface area contributed by atoms with E-state index in [2.05, 4.69) is 22.4 Å². The van der Waals surface area contributed by atoms with E-state index in [0.717, 1.165) is 30.8 Å². The third-order valence-electron chi connectivity index (χ3n) is 3.48. The van der Waals surface area contributed by atoms with Crippen molar-refractivity contribution in [2.45, 2.75) is 39.7 Å². The Labute approximate surface area is 135 Å². The van der Waals surface area contributed by atoms with E-state index in [1.165, 1.54) is 5.56 Å². The van der Waals surface area contributed by atoms with Crippen LogP contribution in [0.2, 0.25) is 0 Å². The Balaban J connectivity index is 2.05. The number of hydrogen-bond acceptors (Lipinski definition) is 3. The molecule has 2 N–H and O–H groups in total. The van der Waals surface area contributed by atoms with E-state index in [9.17, 15) is 4.79 Å². The summed E-state index contributed by atoms with van der Waals surface area (Å²) in [4.78, 5) is 11.8. The summed E-state index contributed by atoms with van der Waals surface area (Å²) in [5, 5.41) is 10.0. The van der Waals surface area contributed by atoms with Crippen molar-refractivity contribution in [3.63, 3.8) is 0 Å². The van der Waals surface area contributed by atoms with Crippen LogP contribution in [0.15, 0.2) is 24.3 Å². The average molecular weight is 318 g/mol. The molecule has 0 aliphatic carbocycles. The Hall–Kier alpha value is -1.95. The maximum atomic E-state index is 11.8. The minimum absolute atomic E-state index is 0.0476. The van der Waals surface area contributed by atoms with Crippen LogP contribution < -0.4 is 5.32 Å². The SMILES string of the molecule is CCCCNC(=O)CCn1c(-c2ccc(C)cc2)n[nH]c1=S. The normalized spacial score (nSPS) is 10.6. The Morgan fingerprint density at radius 2 is 2.09 bits per heavy atom. The van der Waals surface area contributed by atoms with Crippen LogP contribution in [-0.2, 0) is 11.3 Å². The molecule has 1 heterocycles. The van der Waals surface area contributed by atoms with Crippen LogP contribution in [0.1, 0.15) is 31.7 Å². The van der Waals surface area contributed by atoms with Gasteiger partial charge >= 0.3 is 0 Å². The van der Waals surface area contributed by atoms with Gasteiger partial charge in [-0.15, -0.1) is 0 Å². The monoisotopic (exact) mass is 318 g/mol. The second-order valence-corrected chi connectivity index (χ2v) is 5.71. The summed E-state index contributed by atoms with van der Waals surface area (Å²) in [6.45, 7) is 5.40. The van der Waals surface area contributed by atoms with Crippen LogP contribution in [0.4, 0.5) is 0 Å². The molecule has 2 rings (SSSR count). The number of aromatic amines is 1. The number of nitrogens with one attached hydrogen (secondary N) is 2. The van der Waals surface area contributed by atoms with Crippen LogP contribution >= 0.6 is 12.2 Å². The Morgan fingerprint density at radius 3 is 2.77 bits per heavy atom. The molecule has 1 amide bonds. The van der Waals surface area contributed by atoms with Gasteiger partial charge in [0.2, 0.25) is 5.91 Å². The second kappa shape index (κ2) is 7.89. The number of unbranched alkanes of at least 4 members (excludes halogenated alkanes) is 1. The number of rotatable bonds is 7. The van der Waals surface area contributed by atoms with Gasteiger partial charge in [0.05, 0.1) is 0 Å². The molecule has 0 fully saturated rings. The van der Waals surface area contributed by atoms with Crippen molar-refractivity contribution in [3.05, 3.63) is 34.6 Å². The third-order valence-corrected chi connectivity index (χ3v) is 3.79. The molecule has 1 aromatic carbocycles. The van der Waals surface area contributed by atoms with Gasteiger partial charge in [-0.1, -0.05) is 43.2 Å². The molecular weight excluding hydrogens is 296 g/mol. The van der Waals surface area contributed by atoms with Crippen molar-refractivity contribution in [2.24, 2.45) is 0 Å². The van der Waals surface area contributed by atoms with Gasteiger partial charge < -0.3 is 5.32 Å². The zero-order chi connectivity index (χ0) is 15.9. The summed E-state index contributed by atoms with van der Waals surface area (Å²) < 4.78 is 2.41. The summed E-state index contributed by atoms with van der Waals surface area (Å²) in [5.41, 5.74) is 2.18. The fourth-order valence-corrected chi connectivity index (χ4v) is 2.38. The minimum atomic E-state index is 0.0476. The van der Waals surface area contributed by atoms with E-state index in [4.69, 9.17) is 12.2 Å². The molecular formula is C16H22N4OS. The molecule has 1 aromatic heterocycles. The highest BCUT2D eigenvalue weighted by Crippen LogP contribution is 2.18. The Bertz CT molecular complexity index is 672. The number of carbonyl (C=O) groups is 1.